The molecule has 0 radical (unpaired) electrons. The van der Waals surface area contributed by atoms with Crippen molar-refractivity contribution in [3.63, 3.8) is 0 Å². The summed E-state index contributed by atoms with van der Waals surface area (Å²) in [6.07, 6.45) is -0.227. The number of carbonyl (C=O) groups excluding carboxylic acids is 2. The van der Waals surface area contributed by atoms with E-state index in [1.165, 1.54) is 4.90 Å². The number of benzene rings is 2. The lowest BCUT2D eigenvalue weighted by molar-refractivity contribution is -0.142. The van der Waals surface area contributed by atoms with E-state index in [1.54, 1.807) is 6.92 Å². The van der Waals surface area contributed by atoms with Crippen molar-refractivity contribution in [3.8, 4) is 0 Å². The van der Waals surface area contributed by atoms with Crippen LogP contribution in [0.3, 0.4) is 0 Å². The molecule has 31 heavy (non-hydrogen) atoms. The Morgan fingerprint density at radius 3 is 2.42 bits per heavy atom. The normalized spacial score (nSPS) is 16.0. The Morgan fingerprint density at radius 1 is 1.13 bits per heavy atom. The molecule has 1 aliphatic rings. The highest BCUT2D eigenvalue weighted by molar-refractivity contribution is 5.90. The molecule has 7 heteroatoms. The summed E-state index contributed by atoms with van der Waals surface area (Å²) >= 11 is 0. The molecule has 162 valence electrons. The maximum absolute atomic E-state index is 13.0. The van der Waals surface area contributed by atoms with E-state index < -0.39 is 30.1 Å². The summed E-state index contributed by atoms with van der Waals surface area (Å²) in [5.41, 5.74) is 3.35. The van der Waals surface area contributed by atoms with Gasteiger partial charge in [0, 0.05) is 6.42 Å². The average Bonchev–Trinajstić information content (AvgIpc) is 2.76. The summed E-state index contributed by atoms with van der Waals surface area (Å²) in [6, 6.07) is 14.8. The fraction of sp³-hybridized carbons (Fsp3) is 0.292. The van der Waals surface area contributed by atoms with Gasteiger partial charge in [0.1, 0.15) is 18.7 Å². The van der Waals surface area contributed by atoms with Gasteiger partial charge in [0.25, 0.3) is 0 Å². The van der Waals surface area contributed by atoms with Gasteiger partial charge in [-0.2, -0.15) is 0 Å². The van der Waals surface area contributed by atoms with Gasteiger partial charge in [-0.25, -0.2) is 9.59 Å². The molecule has 1 heterocycles. The molecule has 2 atom stereocenters. The summed E-state index contributed by atoms with van der Waals surface area (Å²) < 4.78 is 5.46. The van der Waals surface area contributed by atoms with E-state index in [2.05, 4.69) is 11.9 Å². The first kappa shape index (κ1) is 22.1. The van der Waals surface area contributed by atoms with E-state index in [0.717, 1.165) is 16.7 Å². The van der Waals surface area contributed by atoms with Crippen molar-refractivity contribution >= 4 is 18.0 Å². The number of aliphatic carboxylic acids is 1. The first-order chi connectivity index (χ1) is 14.8. The van der Waals surface area contributed by atoms with Gasteiger partial charge in [0.15, 0.2) is 0 Å². The van der Waals surface area contributed by atoms with Gasteiger partial charge in [-0.05, 0) is 30.0 Å². The van der Waals surface area contributed by atoms with Crippen molar-refractivity contribution in [2.75, 3.05) is 0 Å². The Hall–Kier alpha value is -3.61. The lowest BCUT2D eigenvalue weighted by atomic mass is 9.93. The molecule has 0 aliphatic carbocycles. The van der Waals surface area contributed by atoms with Gasteiger partial charge in [-0.15, -0.1) is 6.58 Å². The monoisotopic (exact) mass is 422 g/mol. The molecule has 0 saturated carbocycles. The van der Waals surface area contributed by atoms with Gasteiger partial charge < -0.3 is 15.2 Å². The smallest absolute Gasteiger partial charge is 0.411 e. The second kappa shape index (κ2) is 9.93. The number of rotatable bonds is 7. The Kier molecular flexibility index (Phi) is 7.07. The third-order valence-corrected chi connectivity index (χ3v) is 5.16. The van der Waals surface area contributed by atoms with Crippen LogP contribution in [0.15, 0.2) is 66.7 Å². The molecule has 1 aliphatic heterocycles. The van der Waals surface area contributed by atoms with Crippen LogP contribution in [0, 0.1) is 0 Å². The number of carbonyl (C=O) groups is 3. The SMILES string of the molecule is C=C(C)C[C@@H](NC(=O)[C@@H]1Cc2ccccc2CN1C(=O)OCc1ccccc1)C(=O)O. The highest BCUT2D eigenvalue weighted by atomic mass is 16.6. The average molecular weight is 422 g/mol. The lowest BCUT2D eigenvalue weighted by Gasteiger charge is -2.35. The van der Waals surface area contributed by atoms with Crippen LogP contribution >= 0.6 is 0 Å². The number of nitrogens with one attached hydrogen (secondary N) is 1. The second-order valence-electron chi connectivity index (χ2n) is 7.72. The molecule has 2 aromatic carbocycles. The molecule has 0 aromatic heterocycles. The molecule has 0 spiro atoms. The van der Waals surface area contributed by atoms with Crippen molar-refractivity contribution in [3.05, 3.63) is 83.4 Å². The Morgan fingerprint density at radius 2 is 1.77 bits per heavy atom. The van der Waals surface area contributed by atoms with Crippen molar-refractivity contribution in [1.29, 1.82) is 0 Å². The maximum Gasteiger partial charge on any atom is 0.411 e. The first-order valence-corrected chi connectivity index (χ1v) is 10.1. The first-order valence-electron chi connectivity index (χ1n) is 10.1. The number of ether oxygens (including phenoxy) is 1. The zero-order chi connectivity index (χ0) is 22.4. The maximum atomic E-state index is 13.0. The predicted octanol–water partition coefficient (Wildman–Crippen LogP) is 3.29. The van der Waals surface area contributed by atoms with Gasteiger partial charge in [0.2, 0.25) is 5.91 Å². The number of fused-ring (bicyclic) bond motifs is 1. The van der Waals surface area contributed by atoms with Crippen LogP contribution in [0.4, 0.5) is 4.79 Å². The third kappa shape index (κ3) is 5.72. The lowest BCUT2D eigenvalue weighted by Crippen LogP contribution is -2.55. The Balaban J connectivity index is 1.78. The van der Waals surface area contributed by atoms with E-state index in [9.17, 15) is 19.5 Å². The van der Waals surface area contributed by atoms with Crippen LogP contribution in [0.5, 0.6) is 0 Å². The van der Waals surface area contributed by atoms with Crippen LogP contribution in [-0.4, -0.2) is 40.1 Å². The van der Waals surface area contributed by atoms with Crippen LogP contribution in [-0.2, 0) is 33.9 Å². The largest absolute Gasteiger partial charge is 0.480 e. The molecule has 0 bridgehead atoms. The predicted molar refractivity (Wildman–Crippen MR) is 115 cm³/mol. The van der Waals surface area contributed by atoms with Crippen molar-refractivity contribution < 1.29 is 24.2 Å². The van der Waals surface area contributed by atoms with Gasteiger partial charge in [-0.3, -0.25) is 9.69 Å². The fourth-order valence-corrected chi connectivity index (χ4v) is 3.57. The third-order valence-electron chi connectivity index (χ3n) is 5.16. The molecule has 2 amide bonds. The van der Waals surface area contributed by atoms with Crippen LogP contribution in [0.2, 0.25) is 0 Å². The van der Waals surface area contributed by atoms with E-state index in [0.29, 0.717) is 5.57 Å². The van der Waals surface area contributed by atoms with Gasteiger partial charge in [0.05, 0.1) is 6.54 Å². The van der Waals surface area contributed by atoms with Crippen molar-refractivity contribution in [2.45, 2.75) is 45.0 Å². The van der Waals surface area contributed by atoms with Crippen LogP contribution in [0.25, 0.3) is 0 Å². The summed E-state index contributed by atoms with van der Waals surface area (Å²) in [7, 11) is 0. The van der Waals surface area contributed by atoms with E-state index in [1.807, 2.05) is 54.6 Å². The minimum atomic E-state index is -1.15. The highest BCUT2D eigenvalue weighted by Gasteiger charge is 2.37. The summed E-state index contributed by atoms with van der Waals surface area (Å²) in [5, 5.41) is 12.0. The molecule has 2 N–H and O–H groups in total. The number of hydrogen-bond donors (Lipinski definition) is 2. The molecular formula is C24H26N2O5. The standard InChI is InChI=1S/C24H26N2O5/c1-16(2)12-20(23(28)29)25-22(27)21-13-18-10-6-7-11-19(18)14-26(21)24(30)31-15-17-8-4-3-5-9-17/h3-11,20-21H,1,12-15H2,2H3,(H,25,27)(H,28,29)/t20-,21+/m1/s1. The molecule has 7 nitrogen and oxygen atoms in total. The zero-order valence-corrected chi connectivity index (χ0v) is 17.4. The quantitative estimate of drug-likeness (QED) is 0.668. The molecule has 3 rings (SSSR count). The van der Waals surface area contributed by atoms with E-state index in [-0.39, 0.29) is 26.0 Å². The molecule has 0 saturated heterocycles. The van der Waals surface area contributed by atoms with Crippen LogP contribution < -0.4 is 5.32 Å². The fourth-order valence-electron chi connectivity index (χ4n) is 3.57. The van der Waals surface area contributed by atoms with Crippen molar-refractivity contribution in [1.82, 2.24) is 10.2 Å². The highest BCUT2D eigenvalue weighted by Crippen LogP contribution is 2.25. The minimum Gasteiger partial charge on any atom is -0.480 e. The second-order valence-corrected chi connectivity index (χ2v) is 7.72. The molecule has 0 unspecified atom stereocenters. The van der Waals surface area contributed by atoms with Gasteiger partial charge in [-0.1, -0.05) is 60.2 Å². The molecule has 2 aromatic rings. The summed E-state index contributed by atoms with van der Waals surface area (Å²) in [6.45, 7) is 5.72. The number of amides is 2. The zero-order valence-electron chi connectivity index (χ0n) is 17.4. The van der Waals surface area contributed by atoms with E-state index in [4.69, 9.17) is 4.74 Å². The molecule has 0 fully saturated rings. The number of carboxylic acids is 1. The molecular weight excluding hydrogens is 396 g/mol. The topological polar surface area (TPSA) is 95.9 Å². The minimum absolute atomic E-state index is 0.0829. The van der Waals surface area contributed by atoms with E-state index >= 15 is 0 Å². The Bertz CT molecular complexity index is 973. The number of nitrogens with zero attached hydrogens (tertiary/aromatic N) is 1. The van der Waals surface area contributed by atoms with Crippen LogP contribution in [0.1, 0.15) is 30.0 Å². The number of carboxylic acid groups (broad SMARTS) is 1. The summed E-state index contributed by atoms with van der Waals surface area (Å²) in [5.74, 6) is -1.68. The number of hydrogen-bond acceptors (Lipinski definition) is 4. The Labute approximate surface area is 181 Å². The van der Waals surface area contributed by atoms with Crippen molar-refractivity contribution in [2.24, 2.45) is 0 Å². The van der Waals surface area contributed by atoms with Gasteiger partial charge >= 0.3 is 12.1 Å². The summed E-state index contributed by atoms with van der Waals surface area (Å²) in [4.78, 5) is 38.9.